The van der Waals surface area contributed by atoms with Crippen LogP contribution in [0.25, 0.3) is 0 Å². The Morgan fingerprint density at radius 3 is 2.31 bits per heavy atom. The normalized spacial score (nSPS) is 20.6. The molecule has 0 aromatic carbocycles. The van der Waals surface area contributed by atoms with Crippen LogP contribution in [-0.4, -0.2) is 48.6 Å². The Morgan fingerprint density at radius 1 is 0.938 bits per heavy atom. The summed E-state index contributed by atoms with van der Waals surface area (Å²) in [6.45, 7) is 15.7. The van der Waals surface area contributed by atoms with Gasteiger partial charge in [0.1, 0.15) is 0 Å². The molecule has 0 spiro atoms. The zero-order valence-corrected chi connectivity index (χ0v) is 11.7. The van der Waals surface area contributed by atoms with Gasteiger partial charge in [-0.05, 0) is 58.7 Å². The molecule has 0 N–H and O–H groups in total. The van der Waals surface area contributed by atoms with Gasteiger partial charge in [0, 0.05) is 19.1 Å². The molecule has 1 rings (SSSR count). The predicted octanol–water partition coefficient (Wildman–Crippen LogP) is 2.84. The molecule has 1 aliphatic heterocycles. The van der Waals surface area contributed by atoms with Gasteiger partial charge in [-0.1, -0.05) is 13.8 Å². The van der Waals surface area contributed by atoms with Gasteiger partial charge in [0.05, 0.1) is 0 Å². The van der Waals surface area contributed by atoms with Crippen molar-refractivity contribution in [2.75, 3.05) is 32.7 Å². The van der Waals surface area contributed by atoms with Crippen LogP contribution >= 0.6 is 0 Å². The van der Waals surface area contributed by atoms with Crippen LogP contribution in [0, 0.1) is 5.92 Å². The maximum atomic E-state index is 2.66. The van der Waals surface area contributed by atoms with E-state index in [4.69, 9.17) is 0 Å². The molecule has 1 heterocycles. The summed E-state index contributed by atoms with van der Waals surface area (Å²) >= 11 is 0. The topological polar surface area (TPSA) is 6.48 Å². The molecular weight excluding hydrogens is 196 g/mol. The fourth-order valence-corrected chi connectivity index (χ4v) is 2.45. The molecule has 2 nitrogen and oxygen atoms in total. The van der Waals surface area contributed by atoms with Gasteiger partial charge in [-0.2, -0.15) is 0 Å². The summed E-state index contributed by atoms with van der Waals surface area (Å²) in [7, 11) is 0. The van der Waals surface area contributed by atoms with Crippen LogP contribution in [0.1, 0.15) is 47.0 Å². The Labute approximate surface area is 102 Å². The Hall–Kier alpha value is -0.0800. The lowest BCUT2D eigenvalue weighted by Crippen LogP contribution is -2.35. The van der Waals surface area contributed by atoms with E-state index in [2.05, 4.69) is 37.5 Å². The number of hydrogen-bond acceptors (Lipinski definition) is 2. The first-order valence-electron chi connectivity index (χ1n) is 7.06. The summed E-state index contributed by atoms with van der Waals surface area (Å²) in [6, 6.07) is 0.718. The zero-order valence-electron chi connectivity index (χ0n) is 11.7. The minimum atomic E-state index is 0.718. The van der Waals surface area contributed by atoms with Crippen LogP contribution in [0.15, 0.2) is 0 Å². The van der Waals surface area contributed by atoms with Gasteiger partial charge in [0.15, 0.2) is 0 Å². The van der Waals surface area contributed by atoms with E-state index >= 15 is 0 Å². The number of nitrogens with zero attached hydrogens (tertiary/aromatic N) is 2. The SMILES string of the molecule is CC(C)CCCN1CCCN(C(C)C)CC1. The highest BCUT2D eigenvalue weighted by Gasteiger charge is 2.16. The van der Waals surface area contributed by atoms with E-state index in [9.17, 15) is 0 Å². The van der Waals surface area contributed by atoms with Crippen LogP contribution in [0.4, 0.5) is 0 Å². The molecule has 1 fully saturated rings. The van der Waals surface area contributed by atoms with Crippen LogP contribution < -0.4 is 0 Å². The highest BCUT2D eigenvalue weighted by molar-refractivity contribution is 4.72. The van der Waals surface area contributed by atoms with E-state index in [1.165, 1.54) is 52.0 Å². The fourth-order valence-electron chi connectivity index (χ4n) is 2.45. The summed E-state index contributed by atoms with van der Waals surface area (Å²) in [4.78, 5) is 5.27. The van der Waals surface area contributed by atoms with Gasteiger partial charge in [-0.25, -0.2) is 0 Å². The highest BCUT2D eigenvalue weighted by Crippen LogP contribution is 2.09. The first-order valence-corrected chi connectivity index (χ1v) is 7.06. The van der Waals surface area contributed by atoms with Crippen molar-refractivity contribution >= 4 is 0 Å². The minimum Gasteiger partial charge on any atom is -0.302 e. The van der Waals surface area contributed by atoms with Crippen molar-refractivity contribution in [3.8, 4) is 0 Å². The first-order chi connectivity index (χ1) is 7.59. The zero-order chi connectivity index (χ0) is 12.0. The van der Waals surface area contributed by atoms with Crippen molar-refractivity contribution in [2.45, 2.75) is 53.0 Å². The van der Waals surface area contributed by atoms with E-state index < -0.39 is 0 Å². The monoisotopic (exact) mass is 226 g/mol. The molecule has 2 heteroatoms. The lowest BCUT2D eigenvalue weighted by Gasteiger charge is -2.25. The number of rotatable bonds is 5. The van der Waals surface area contributed by atoms with Crippen molar-refractivity contribution in [1.82, 2.24) is 9.80 Å². The second kappa shape index (κ2) is 7.29. The molecule has 0 radical (unpaired) electrons. The van der Waals surface area contributed by atoms with Crippen molar-refractivity contribution < 1.29 is 0 Å². The van der Waals surface area contributed by atoms with Crippen LogP contribution in [0.2, 0.25) is 0 Å². The average Bonchev–Trinajstić information content (AvgIpc) is 2.42. The molecular formula is C14H30N2. The van der Waals surface area contributed by atoms with E-state index in [-0.39, 0.29) is 0 Å². The van der Waals surface area contributed by atoms with Crippen LogP contribution in [0.3, 0.4) is 0 Å². The van der Waals surface area contributed by atoms with E-state index in [0.717, 1.165) is 12.0 Å². The standard InChI is InChI=1S/C14H30N2/c1-13(2)7-5-8-15-9-6-10-16(12-11-15)14(3)4/h13-14H,5-12H2,1-4H3. The molecule has 16 heavy (non-hydrogen) atoms. The summed E-state index contributed by atoms with van der Waals surface area (Å²) in [5.74, 6) is 0.860. The molecule has 0 bridgehead atoms. The Bertz CT molecular complexity index is 178. The van der Waals surface area contributed by atoms with Gasteiger partial charge >= 0.3 is 0 Å². The molecule has 0 aliphatic carbocycles. The maximum absolute atomic E-state index is 2.66. The molecule has 1 saturated heterocycles. The van der Waals surface area contributed by atoms with Crippen LogP contribution in [0.5, 0.6) is 0 Å². The minimum absolute atomic E-state index is 0.718. The molecule has 0 aromatic heterocycles. The second-order valence-corrected chi connectivity index (χ2v) is 5.86. The van der Waals surface area contributed by atoms with Gasteiger partial charge in [0.25, 0.3) is 0 Å². The predicted molar refractivity (Wildman–Crippen MR) is 71.8 cm³/mol. The molecule has 96 valence electrons. The average molecular weight is 226 g/mol. The van der Waals surface area contributed by atoms with Gasteiger partial charge in [-0.3, -0.25) is 4.90 Å². The van der Waals surface area contributed by atoms with Crippen molar-refractivity contribution in [3.63, 3.8) is 0 Å². The van der Waals surface area contributed by atoms with Crippen molar-refractivity contribution in [2.24, 2.45) is 5.92 Å². The van der Waals surface area contributed by atoms with Gasteiger partial charge in [0.2, 0.25) is 0 Å². The molecule has 0 saturated carbocycles. The third-order valence-electron chi connectivity index (χ3n) is 3.61. The smallest absolute Gasteiger partial charge is 0.0112 e. The summed E-state index contributed by atoms with van der Waals surface area (Å²) < 4.78 is 0. The Balaban J connectivity index is 2.20. The first kappa shape index (κ1) is 14.0. The third kappa shape index (κ3) is 5.31. The lowest BCUT2D eigenvalue weighted by molar-refractivity contribution is 0.218. The summed E-state index contributed by atoms with van der Waals surface area (Å²) in [5, 5.41) is 0. The molecule has 0 unspecified atom stereocenters. The lowest BCUT2D eigenvalue weighted by atomic mass is 10.1. The van der Waals surface area contributed by atoms with E-state index in [0.29, 0.717) is 0 Å². The molecule has 0 amide bonds. The Morgan fingerprint density at radius 2 is 1.69 bits per heavy atom. The molecule has 1 aliphatic rings. The van der Waals surface area contributed by atoms with Gasteiger partial charge < -0.3 is 4.90 Å². The third-order valence-corrected chi connectivity index (χ3v) is 3.61. The second-order valence-electron chi connectivity index (χ2n) is 5.86. The Kier molecular flexibility index (Phi) is 6.37. The van der Waals surface area contributed by atoms with Crippen molar-refractivity contribution in [3.05, 3.63) is 0 Å². The summed E-state index contributed by atoms with van der Waals surface area (Å²) in [6.07, 6.45) is 4.10. The van der Waals surface area contributed by atoms with Crippen LogP contribution in [-0.2, 0) is 0 Å². The maximum Gasteiger partial charge on any atom is 0.0112 e. The highest BCUT2D eigenvalue weighted by atomic mass is 15.2. The summed E-state index contributed by atoms with van der Waals surface area (Å²) in [5.41, 5.74) is 0. The fraction of sp³-hybridized carbons (Fsp3) is 1.00. The quantitative estimate of drug-likeness (QED) is 0.711. The van der Waals surface area contributed by atoms with E-state index in [1.807, 2.05) is 0 Å². The largest absolute Gasteiger partial charge is 0.302 e. The van der Waals surface area contributed by atoms with E-state index in [1.54, 1.807) is 0 Å². The molecule has 0 aromatic rings. The molecule has 0 atom stereocenters. The number of hydrogen-bond donors (Lipinski definition) is 0. The van der Waals surface area contributed by atoms with Crippen molar-refractivity contribution in [1.29, 1.82) is 0 Å². The van der Waals surface area contributed by atoms with Gasteiger partial charge in [-0.15, -0.1) is 0 Å².